The lowest BCUT2D eigenvalue weighted by molar-refractivity contribution is -0.139. The van der Waals surface area contributed by atoms with Gasteiger partial charge in [-0.1, -0.05) is 53.0 Å². The van der Waals surface area contributed by atoms with Gasteiger partial charge in [-0.25, -0.2) is 0 Å². The van der Waals surface area contributed by atoms with Gasteiger partial charge in [-0.3, -0.25) is 9.59 Å². The van der Waals surface area contributed by atoms with Gasteiger partial charge in [0.25, 0.3) is 5.91 Å². The molecule has 0 aromatic heterocycles. The van der Waals surface area contributed by atoms with Crippen molar-refractivity contribution >= 4 is 68.6 Å². The summed E-state index contributed by atoms with van der Waals surface area (Å²) in [6.07, 6.45) is -6.90. The fourth-order valence-corrected chi connectivity index (χ4v) is 4.59. The molecule has 3 rings (SSSR count). The molecule has 2 amide bonds. The molecule has 200 valence electrons. The average molecular weight is 653 g/mol. The van der Waals surface area contributed by atoms with E-state index in [0.29, 0.717) is 5.56 Å². The molecule has 37 heavy (non-hydrogen) atoms. The molecule has 2 aromatic rings. The lowest BCUT2D eigenvalue weighted by Gasteiger charge is -2.18. The molecule has 1 saturated carbocycles. The first kappa shape index (κ1) is 29.6. The summed E-state index contributed by atoms with van der Waals surface area (Å²) in [6, 6.07) is 5.72. The molecule has 3 atom stereocenters. The maximum Gasteiger partial charge on any atom is 0.405 e. The number of benzene rings is 2. The number of rotatable bonds is 7. The molecular formula is C23H16BrCl3F6N2O2. The Hall–Kier alpha value is -1.95. The van der Waals surface area contributed by atoms with Crippen LogP contribution < -0.4 is 10.6 Å². The summed E-state index contributed by atoms with van der Waals surface area (Å²) >= 11 is 20.8. The number of carbonyl (C=O) groups excluding carboxylic acids is 2. The Morgan fingerprint density at radius 3 is 2.22 bits per heavy atom. The molecule has 2 aromatic carbocycles. The van der Waals surface area contributed by atoms with Crippen LogP contribution in [0.15, 0.2) is 40.9 Å². The molecule has 0 aliphatic heterocycles. The lowest BCUT2D eigenvalue weighted by atomic mass is 9.97. The summed E-state index contributed by atoms with van der Waals surface area (Å²) in [7, 11) is 0. The van der Waals surface area contributed by atoms with E-state index in [1.165, 1.54) is 24.3 Å². The van der Waals surface area contributed by atoms with Gasteiger partial charge in [0, 0.05) is 10.5 Å². The summed E-state index contributed by atoms with van der Waals surface area (Å²) in [5, 5.41) is 4.01. The second kappa shape index (κ2) is 11.4. The van der Waals surface area contributed by atoms with Crippen molar-refractivity contribution < 1.29 is 35.9 Å². The van der Waals surface area contributed by atoms with Crippen LogP contribution in [0.4, 0.5) is 26.3 Å². The molecule has 1 aliphatic rings. The van der Waals surface area contributed by atoms with Crippen LogP contribution >= 0.6 is 50.7 Å². The Kier molecular flexibility index (Phi) is 9.14. The quantitative estimate of drug-likeness (QED) is 0.240. The van der Waals surface area contributed by atoms with E-state index in [1.54, 1.807) is 5.32 Å². The van der Waals surface area contributed by atoms with E-state index in [1.807, 2.05) is 0 Å². The maximum absolute atomic E-state index is 13.7. The molecule has 0 heterocycles. The molecule has 4 nitrogen and oxygen atoms in total. The number of halogens is 10. The van der Waals surface area contributed by atoms with Gasteiger partial charge in [0.2, 0.25) is 5.91 Å². The maximum atomic E-state index is 13.7. The van der Waals surface area contributed by atoms with Crippen LogP contribution in [0.25, 0.3) is 6.08 Å². The average Bonchev–Trinajstić information content (AvgIpc) is 3.53. The zero-order valence-electron chi connectivity index (χ0n) is 18.3. The molecule has 0 bridgehead atoms. The number of amides is 2. The van der Waals surface area contributed by atoms with Crippen LogP contribution in [0.1, 0.15) is 33.8 Å². The molecule has 0 radical (unpaired) electrons. The van der Waals surface area contributed by atoms with E-state index in [4.69, 9.17) is 34.8 Å². The smallest absolute Gasteiger partial charge is 0.348 e. The van der Waals surface area contributed by atoms with Gasteiger partial charge in [0.1, 0.15) is 6.54 Å². The summed E-state index contributed by atoms with van der Waals surface area (Å²) in [5.74, 6) is -4.24. The Balaban J connectivity index is 1.68. The third kappa shape index (κ3) is 8.02. The van der Waals surface area contributed by atoms with Crippen molar-refractivity contribution in [2.24, 2.45) is 5.92 Å². The van der Waals surface area contributed by atoms with Crippen molar-refractivity contribution in [1.82, 2.24) is 10.6 Å². The Labute approximate surface area is 230 Å². The van der Waals surface area contributed by atoms with Gasteiger partial charge in [-0.15, -0.1) is 0 Å². The Bertz CT molecular complexity index is 1210. The second-order valence-electron chi connectivity index (χ2n) is 8.17. The summed E-state index contributed by atoms with van der Waals surface area (Å²) in [5.41, 5.74) is 0.248. The van der Waals surface area contributed by atoms with Crippen molar-refractivity contribution in [2.45, 2.75) is 30.7 Å². The van der Waals surface area contributed by atoms with Crippen LogP contribution in [0, 0.1) is 5.92 Å². The SMILES string of the molecule is O=C(NC1CC1C(=O)NCC(F)(F)F)c1ccc(/C=C/C(c2cc(Cl)c(Cl)c(Cl)c2)C(F)(F)F)cc1Br. The van der Waals surface area contributed by atoms with Crippen molar-refractivity contribution in [3.63, 3.8) is 0 Å². The van der Waals surface area contributed by atoms with Crippen molar-refractivity contribution in [3.05, 3.63) is 72.6 Å². The van der Waals surface area contributed by atoms with Crippen LogP contribution in [0.3, 0.4) is 0 Å². The highest BCUT2D eigenvalue weighted by Crippen LogP contribution is 2.41. The highest BCUT2D eigenvalue weighted by atomic mass is 79.9. The normalized spacial score (nSPS) is 18.5. The van der Waals surface area contributed by atoms with Crippen molar-refractivity contribution in [3.8, 4) is 0 Å². The van der Waals surface area contributed by atoms with E-state index in [9.17, 15) is 35.9 Å². The van der Waals surface area contributed by atoms with Crippen LogP contribution in [0.2, 0.25) is 15.1 Å². The minimum absolute atomic E-state index is 0.0609. The predicted molar refractivity (Wildman–Crippen MR) is 132 cm³/mol. The van der Waals surface area contributed by atoms with Crippen LogP contribution in [-0.2, 0) is 4.79 Å². The van der Waals surface area contributed by atoms with Gasteiger partial charge in [0.15, 0.2) is 0 Å². The molecular weight excluding hydrogens is 637 g/mol. The molecule has 0 saturated heterocycles. The minimum atomic E-state index is -4.67. The molecule has 1 aliphatic carbocycles. The molecule has 1 fully saturated rings. The first-order valence-corrected chi connectivity index (χ1v) is 12.3. The highest BCUT2D eigenvalue weighted by molar-refractivity contribution is 9.10. The van der Waals surface area contributed by atoms with E-state index in [0.717, 1.165) is 18.2 Å². The standard InChI is InChI=1S/C23H16BrCl3F6N2O2/c24-15-5-10(2-4-14(23(31,32)33)11-6-16(25)19(27)17(26)7-11)1-3-12(15)21(37)35-18-8-13(18)20(36)34-9-22(28,29)30/h1-7,13-14,18H,8-9H2,(H,34,36)(H,35,37)/b4-2+. The monoisotopic (exact) mass is 650 g/mol. The van der Waals surface area contributed by atoms with E-state index < -0.39 is 48.6 Å². The Morgan fingerprint density at radius 2 is 1.68 bits per heavy atom. The number of allylic oxidation sites excluding steroid dienone is 1. The third-order valence-electron chi connectivity index (χ3n) is 5.34. The summed E-state index contributed by atoms with van der Waals surface area (Å²) in [6.45, 7) is -1.46. The third-order valence-corrected chi connectivity index (χ3v) is 7.20. The fraction of sp³-hybridized carbons (Fsp3) is 0.304. The van der Waals surface area contributed by atoms with Gasteiger partial charge in [-0.2, -0.15) is 26.3 Å². The van der Waals surface area contributed by atoms with Gasteiger partial charge < -0.3 is 10.6 Å². The largest absolute Gasteiger partial charge is 0.405 e. The minimum Gasteiger partial charge on any atom is -0.348 e. The first-order chi connectivity index (χ1) is 17.1. The lowest BCUT2D eigenvalue weighted by Crippen LogP contribution is -2.37. The fourth-order valence-electron chi connectivity index (χ4n) is 3.40. The number of hydrogen-bond donors (Lipinski definition) is 2. The number of alkyl halides is 6. The molecule has 2 N–H and O–H groups in total. The van der Waals surface area contributed by atoms with Crippen molar-refractivity contribution in [1.29, 1.82) is 0 Å². The topological polar surface area (TPSA) is 58.2 Å². The number of carbonyl (C=O) groups is 2. The summed E-state index contributed by atoms with van der Waals surface area (Å²) in [4.78, 5) is 24.3. The number of hydrogen-bond acceptors (Lipinski definition) is 2. The summed E-state index contributed by atoms with van der Waals surface area (Å²) < 4.78 is 78.1. The van der Waals surface area contributed by atoms with Crippen LogP contribution in [0.5, 0.6) is 0 Å². The van der Waals surface area contributed by atoms with E-state index >= 15 is 0 Å². The van der Waals surface area contributed by atoms with E-state index in [-0.39, 0.29) is 37.1 Å². The highest BCUT2D eigenvalue weighted by Gasteiger charge is 2.45. The second-order valence-corrected chi connectivity index (χ2v) is 10.2. The van der Waals surface area contributed by atoms with Gasteiger partial charge in [0.05, 0.1) is 32.5 Å². The molecule has 14 heteroatoms. The predicted octanol–water partition coefficient (Wildman–Crippen LogP) is 7.57. The zero-order chi connectivity index (χ0) is 27.7. The molecule has 0 spiro atoms. The van der Waals surface area contributed by atoms with Gasteiger partial charge >= 0.3 is 12.4 Å². The van der Waals surface area contributed by atoms with E-state index in [2.05, 4.69) is 21.2 Å². The first-order valence-electron chi connectivity index (χ1n) is 10.4. The van der Waals surface area contributed by atoms with Crippen LogP contribution in [-0.4, -0.2) is 36.8 Å². The molecule has 3 unspecified atom stereocenters. The Morgan fingerprint density at radius 1 is 1.05 bits per heavy atom. The zero-order valence-corrected chi connectivity index (χ0v) is 22.1. The van der Waals surface area contributed by atoms with Crippen molar-refractivity contribution in [2.75, 3.05) is 6.54 Å². The number of nitrogens with one attached hydrogen (secondary N) is 2. The van der Waals surface area contributed by atoms with Gasteiger partial charge in [-0.05, 0) is 57.7 Å².